The van der Waals surface area contributed by atoms with E-state index in [4.69, 9.17) is 4.74 Å². The highest BCUT2D eigenvalue weighted by Crippen LogP contribution is 2.27. The molecule has 2 aromatic carbocycles. The Labute approximate surface area is 162 Å². The molecule has 0 bridgehead atoms. The van der Waals surface area contributed by atoms with Crippen LogP contribution in [0.25, 0.3) is 22.1 Å². The summed E-state index contributed by atoms with van der Waals surface area (Å²) in [6.07, 6.45) is 1.74. The molecule has 0 radical (unpaired) electrons. The molecule has 142 valence electrons. The van der Waals surface area contributed by atoms with Crippen molar-refractivity contribution in [3.63, 3.8) is 0 Å². The molecule has 0 aliphatic carbocycles. The van der Waals surface area contributed by atoms with E-state index in [0.29, 0.717) is 11.1 Å². The first-order valence-corrected chi connectivity index (χ1v) is 8.99. The van der Waals surface area contributed by atoms with Gasteiger partial charge < -0.3 is 14.4 Å². The third kappa shape index (κ3) is 2.78. The molecule has 0 amide bonds. The van der Waals surface area contributed by atoms with Gasteiger partial charge in [0.15, 0.2) is 0 Å². The summed E-state index contributed by atoms with van der Waals surface area (Å²) in [7, 11) is 1.64. The van der Waals surface area contributed by atoms with Gasteiger partial charge in [0.25, 0.3) is 5.56 Å². The predicted octanol–water partition coefficient (Wildman–Crippen LogP) is 3.29. The van der Waals surface area contributed by atoms with Crippen molar-refractivity contribution in [1.82, 2.24) is 14.3 Å². The number of aliphatic hydroxyl groups is 1. The van der Waals surface area contributed by atoms with E-state index in [-0.39, 0.29) is 12.2 Å². The van der Waals surface area contributed by atoms with E-state index in [1.165, 1.54) is 4.68 Å². The number of benzene rings is 2. The van der Waals surface area contributed by atoms with Crippen molar-refractivity contribution in [2.24, 2.45) is 0 Å². The number of aliphatic hydroxyl groups excluding tert-OH is 1. The minimum atomic E-state index is -0.165. The zero-order valence-corrected chi connectivity index (χ0v) is 16.0. The smallest absolute Gasteiger partial charge is 0.281 e. The molecule has 0 fully saturated rings. The average Bonchev–Trinajstić information content (AvgIpc) is 2.99. The number of ether oxygens (including phenoxy) is 1. The molecule has 6 heteroatoms. The van der Waals surface area contributed by atoms with E-state index >= 15 is 0 Å². The molecule has 6 nitrogen and oxygen atoms in total. The molecule has 0 atom stereocenters. The average molecular weight is 375 g/mol. The van der Waals surface area contributed by atoms with Crippen LogP contribution in [0.3, 0.4) is 0 Å². The SMILES string of the molecule is COc1ccc(-n2c(C)c3cnn(-c4ccc(CO)cc4)c(=O)c3c2C)cc1. The monoisotopic (exact) mass is 375 g/mol. The lowest BCUT2D eigenvalue weighted by atomic mass is 10.2. The molecule has 2 heterocycles. The molecular weight excluding hydrogens is 354 g/mol. The van der Waals surface area contributed by atoms with Crippen molar-refractivity contribution in [3.8, 4) is 17.1 Å². The van der Waals surface area contributed by atoms with Crippen LogP contribution >= 0.6 is 0 Å². The van der Waals surface area contributed by atoms with Crippen LogP contribution in [-0.2, 0) is 6.61 Å². The summed E-state index contributed by atoms with van der Waals surface area (Å²) in [5.74, 6) is 0.783. The minimum Gasteiger partial charge on any atom is -0.497 e. The van der Waals surface area contributed by atoms with Crippen LogP contribution in [0.2, 0.25) is 0 Å². The highest BCUT2D eigenvalue weighted by Gasteiger charge is 2.17. The summed E-state index contributed by atoms with van der Waals surface area (Å²) < 4.78 is 8.70. The number of hydrogen-bond acceptors (Lipinski definition) is 4. The third-order valence-electron chi connectivity index (χ3n) is 5.09. The number of hydrogen-bond donors (Lipinski definition) is 1. The maximum absolute atomic E-state index is 13.2. The highest BCUT2D eigenvalue weighted by atomic mass is 16.5. The Hall–Kier alpha value is -3.38. The molecule has 0 unspecified atom stereocenters. The van der Waals surface area contributed by atoms with Crippen molar-refractivity contribution < 1.29 is 9.84 Å². The topological polar surface area (TPSA) is 69.3 Å². The zero-order valence-electron chi connectivity index (χ0n) is 16.0. The van der Waals surface area contributed by atoms with E-state index in [0.717, 1.165) is 33.8 Å². The molecular formula is C22H21N3O3. The Kier molecular flexibility index (Phi) is 4.49. The first-order chi connectivity index (χ1) is 13.5. The van der Waals surface area contributed by atoms with Crippen molar-refractivity contribution in [3.05, 3.63) is 82.0 Å². The fourth-order valence-electron chi connectivity index (χ4n) is 3.61. The maximum atomic E-state index is 13.2. The predicted molar refractivity (Wildman–Crippen MR) is 109 cm³/mol. The van der Waals surface area contributed by atoms with Gasteiger partial charge in [-0.1, -0.05) is 12.1 Å². The van der Waals surface area contributed by atoms with Gasteiger partial charge in [0.2, 0.25) is 0 Å². The van der Waals surface area contributed by atoms with Gasteiger partial charge in [-0.15, -0.1) is 0 Å². The lowest BCUT2D eigenvalue weighted by molar-refractivity contribution is 0.282. The Bertz CT molecular complexity index is 1200. The van der Waals surface area contributed by atoms with Gasteiger partial charge in [0.05, 0.1) is 31.0 Å². The number of nitrogens with zero attached hydrogens (tertiary/aromatic N) is 3. The van der Waals surface area contributed by atoms with E-state index in [1.807, 2.05) is 38.1 Å². The quantitative estimate of drug-likeness (QED) is 0.594. The molecule has 0 spiro atoms. The van der Waals surface area contributed by atoms with Crippen LogP contribution in [0.1, 0.15) is 17.0 Å². The van der Waals surface area contributed by atoms with Crippen molar-refractivity contribution in [2.75, 3.05) is 7.11 Å². The molecule has 0 saturated carbocycles. The first-order valence-electron chi connectivity index (χ1n) is 8.99. The van der Waals surface area contributed by atoms with Gasteiger partial charge >= 0.3 is 0 Å². The molecule has 0 aliphatic heterocycles. The molecule has 1 N–H and O–H groups in total. The summed E-state index contributed by atoms with van der Waals surface area (Å²) in [5.41, 5.74) is 4.08. The zero-order chi connectivity index (χ0) is 19.8. The van der Waals surface area contributed by atoms with Crippen LogP contribution in [0.5, 0.6) is 5.75 Å². The number of rotatable bonds is 4. The minimum absolute atomic E-state index is 0.0370. The summed E-state index contributed by atoms with van der Waals surface area (Å²) in [4.78, 5) is 13.2. The van der Waals surface area contributed by atoms with Gasteiger partial charge in [-0.2, -0.15) is 9.78 Å². The molecule has 4 aromatic rings. The normalized spacial score (nSPS) is 11.1. The van der Waals surface area contributed by atoms with Crippen LogP contribution in [0.4, 0.5) is 0 Å². The molecule has 0 aliphatic rings. The molecule has 2 aromatic heterocycles. The second-order valence-corrected chi connectivity index (χ2v) is 6.68. The van der Waals surface area contributed by atoms with Gasteiger partial charge in [-0.25, -0.2) is 0 Å². The van der Waals surface area contributed by atoms with Crippen LogP contribution in [0.15, 0.2) is 59.5 Å². The van der Waals surface area contributed by atoms with Crippen LogP contribution < -0.4 is 10.3 Å². The lowest BCUT2D eigenvalue weighted by Gasteiger charge is -2.10. The Balaban J connectivity index is 1.91. The molecule has 4 rings (SSSR count). The van der Waals surface area contributed by atoms with E-state index in [1.54, 1.807) is 37.6 Å². The lowest BCUT2D eigenvalue weighted by Crippen LogP contribution is -2.21. The second kappa shape index (κ2) is 6.98. The number of methoxy groups -OCH3 is 1. The fraction of sp³-hybridized carbons (Fsp3) is 0.182. The largest absolute Gasteiger partial charge is 0.497 e. The number of aryl methyl sites for hydroxylation is 2. The van der Waals surface area contributed by atoms with Crippen molar-refractivity contribution >= 4 is 10.8 Å². The summed E-state index contributed by atoms with van der Waals surface area (Å²) in [5, 5.41) is 15.1. The van der Waals surface area contributed by atoms with E-state index in [2.05, 4.69) is 9.67 Å². The van der Waals surface area contributed by atoms with Gasteiger partial charge in [0, 0.05) is 22.5 Å². The van der Waals surface area contributed by atoms with E-state index < -0.39 is 0 Å². The highest BCUT2D eigenvalue weighted by molar-refractivity contribution is 5.88. The first kappa shape index (κ1) is 18.0. The van der Waals surface area contributed by atoms with Crippen molar-refractivity contribution in [2.45, 2.75) is 20.5 Å². The second-order valence-electron chi connectivity index (χ2n) is 6.68. The standard InChI is InChI=1S/C22H21N3O3/c1-14-20-12-23-25(18-6-4-16(13-26)5-7-18)22(27)21(20)15(2)24(14)17-8-10-19(28-3)11-9-17/h4-12,26H,13H2,1-3H3. The van der Waals surface area contributed by atoms with Gasteiger partial charge in [-0.05, 0) is 55.8 Å². The third-order valence-corrected chi connectivity index (χ3v) is 5.09. The Morgan fingerprint density at radius 3 is 2.21 bits per heavy atom. The number of fused-ring (bicyclic) bond motifs is 1. The summed E-state index contributed by atoms with van der Waals surface area (Å²) in [6, 6.07) is 14.9. The van der Waals surface area contributed by atoms with Gasteiger partial charge in [0.1, 0.15) is 5.75 Å². The summed E-state index contributed by atoms with van der Waals surface area (Å²) >= 11 is 0. The Morgan fingerprint density at radius 2 is 1.61 bits per heavy atom. The van der Waals surface area contributed by atoms with E-state index in [9.17, 15) is 9.90 Å². The summed E-state index contributed by atoms with van der Waals surface area (Å²) in [6.45, 7) is 3.89. The molecule has 0 saturated heterocycles. The Morgan fingerprint density at radius 1 is 0.964 bits per heavy atom. The molecule has 28 heavy (non-hydrogen) atoms. The van der Waals surface area contributed by atoms with Crippen LogP contribution in [0, 0.1) is 13.8 Å². The van der Waals surface area contributed by atoms with Crippen molar-refractivity contribution in [1.29, 1.82) is 0 Å². The fourth-order valence-corrected chi connectivity index (χ4v) is 3.61. The van der Waals surface area contributed by atoms with Crippen LogP contribution in [-0.4, -0.2) is 26.6 Å². The number of aromatic nitrogens is 3. The van der Waals surface area contributed by atoms with Gasteiger partial charge in [-0.3, -0.25) is 4.79 Å². The maximum Gasteiger partial charge on any atom is 0.281 e.